The molecule has 0 N–H and O–H groups in total. The summed E-state index contributed by atoms with van der Waals surface area (Å²) in [5.41, 5.74) is 0.801. The third kappa shape index (κ3) is 1.79. The summed E-state index contributed by atoms with van der Waals surface area (Å²) in [6.07, 6.45) is 4.62. The minimum Gasteiger partial charge on any atom is -0.354 e. The SMILES string of the molecule is CCCN(CC)c1noc2ccncc12. The molecule has 0 radical (unpaired) electrons. The Labute approximate surface area is 88.9 Å². The molecule has 0 fully saturated rings. The second kappa shape index (κ2) is 4.29. The van der Waals surface area contributed by atoms with Crippen molar-refractivity contribution in [3.63, 3.8) is 0 Å². The largest absolute Gasteiger partial charge is 0.354 e. The summed E-state index contributed by atoms with van der Waals surface area (Å²) in [7, 11) is 0. The molecule has 2 aromatic rings. The van der Waals surface area contributed by atoms with Gasteiger partial charge in [-0.25, -0.2) is 0 Å². The molecular weight excluding hydrogens is 190 g/mol. The summed E-state index contributed by atoms with van der Waals surface area (Å²) in [6, 6.07) is 1.84. The van der Waals surface area contributed by atoms with Crippen LogP contribution in [0.1, 0.15) is 20.3 Å². The molecule has 0 spiro atoms. The molecule has 0 aliphatic rings. The Kier molecular flexibility index (Phi) is 2.85. The summed E-state index contributed by atoms with van der Waals surface area (Å²) in [5.74, 6) is 0.905. The van der Waals surface area contributed by atoms with Crippen LogP contribution < -0.4 is 4.90 Å². The van der Waals surface area contributed by atoms with Crippen LogP contribution in [0.5, 0.6) is 0 Å². The molecule has 0 bridgehead atoms. The number of fused-ring (bicyclic) bond motifs is 1. The highest BCUT2D eigenvalue weighted by Crippen LogP contribution is 2.24. The van der Waals surface area contributed by atoms with Crippen molar-refractivity contribution in [2.24, 2.45) is 0 Å². The Balaban J connectivity index is 2.41. The first-order valence-electron chi connectivity index (χ1n) is 5.31. The summed E-state index contributed by atoms with van der Waals surface area (Å²) in [4.78, 5) is 6.30. The Morgan fingerprint density at radius 2 is 2.27 bits per heavy atom. The lowest BCUT2D eigenvalue weighted by molar-refractivity contribution is 0.454. The van der Waals surface area contributed by atoms with E-state index in [1.165, 1.54) is 0 Å². The molecule has 80 valence electrons. The first kappa shape index (κ1) is 9.96. The fourth-order valence-corrected chi connectivity index (χ4v) is 1.68. The highest BCUT2D eigenvalue weighted by Gasteiger charge is 2.13. The van der Waals surface area contributed by atoms with Gasteiger partial charge in [-0.15, -0.1) is 0 Å². The second-order valence-corrected chi connectivity index (χ2v) is 3.46. The van der Waals surface area contributed by atoms with Crippen LogP contribution in [-0.2, 0) is 0 Å². The molecule has 0 aliphatic heterocycles. The maximum absolute atomic E-state index is 5.25. The molecule has 0 aliphatic carbocycles. The van der Waals surface area contributed by atoms with E-state index in [0.717, 1.165) is 36.3 Å². The van der Waals surface area contributed by atoms with Crippen LogP contribution in [-0.4, -0.2) is 23.2 Å². The smallest absolute Gasteiger partial charge is 0.181 e. The molecule has 4 nitrogen and oxygen atoms in total. The Morgan fingerprint density at radius 3 is 3.00 bits per heavy atom. The van der Waals surface area contributed by atoms with Crippen LogP contribution in [0.25, 0.3) is 11.0 Å². The molecule has 2 rings (SSSR count). The van der Waals surface area contributed by atoms with E-state index < -0.39 is 0 Å². The van der Waals surface area contributed by atoms with Crippen molar-refractivity contribution in [1.82, 2.24) is 10.1 Å². The molecule has 2 aromatic heterocycles. The highest BCUT2D eigenvalue weighted by atomic mass is 16.5. The van der Waals surface area contributed by atoms with Gasteiger partial charge < -0.3 is 9.42 Å². The maximum Gasteiger partial charge on any atom is 0.181 e. The molecule has 0 atom stereocenters. The topological polar surface area (TPSA) is 42.2 Å². The number of nitrogens with zero attached hydrogens (tertiary/aromatic N) is 3. The molecule has 0 amide bonds. The first-order chi connectivity index (χ1) is 7.36. The van der Waals surface area contributed by atoms with Gasteiger partial charge in [-0.2, -0.15) is 0 Å². The summed E-state index contributed by atoms with van der Waals surface area (Å²) >= 11 is 0. The summed E-state index contributed by atoms with van der Waals surface area (Å²) in [6.45, 7) is 6.20. The fraction of sp³-hybridized carbons (Fsp3) is 0.455. The average molecular weight is 205 g/mol. The minimum atomic E-state index is 0.801. The summed E-state index contributed by atoms with van der Waals surface area (Å²) in [5, 5.41) is 5.09. The zero-order chi connectivity index (χ0) is 10.7. The van der Waals surface area contributed by atoms with Gasteiger partial charge in [0.25, 0.3) is 0 Å². The standard InChI is InChI=1S/C11H15N3O/c1-3-7-14(4-2)11-9-8-12-6-5-10(9)15-13-11/h5-6,8H,3-4,7H2,1-2H3. The predicted octanol–water partition coefficient (Wildman–Crippen LogP) is 2.46. The third-order valence-corrected chi connectivity index (χ3v) is 2.43. The maximum atomic E-state index is 5.25. The van der Waals surface area contributed by atoms with E-state index in [2.05, 4.69) is 28.9 Å². The van der Waals surface area contributed by atoms with Crippen molar-refractivity contribution >= 4 is 16.8 Å². The predicted molar refractivity (Wildman–Crippen MR) is 60.0 cm³/mol. The number of pyridine rings is 1. The van der Waals surface area contributed by atoms with Crippen molar-refractivity contribution in [1.29, 1.82) is 0 Å². The van der Waals surface area contributed by atoms with Gasteiger partial charge >= 0.3 is 0 Å². The van der Waals surface area contributed by atoms with Crippen molar-refractivity contribution in [2.75, 3.05) is 18.0 Å². The monoisotopic (exact) mass is 205 g/mol. The molecule has 0 unspecified atom stereocenters. The van der Waals surface area contributed by atoms with Crippen LogP contribution in [0.15, 0.2) is 23.0 Å². The van der Waals surface area contributed by atoms with E-state index >= 15 is 0 Å². The Hall–Kier alpha value is -1.58. The van der Waals surface area contributed by atoms with E-state index in [9.17, 15) is 0 Å². The fourth-order valence-electron chi connectivity index (χ4n) is 1.68. The van der Waals surface area contributed by atoms with Crippen molar-refractivity contribution in [3.05, 3.63) is 18.5 Å². The quantitative estimate of drug-likeness (QED) is 0.769. The lowest BCUT2D eigenvalue weighted by Crippen LogP contribution is -2.23. The van der Waals surface area contributed by atoms with E-state index in [0.29, 0.717) is 0 Å². The van der Waals surface area contributed by atoms with Gasteiger partial charge in [0.05, 0.1) is 5.39 Å². The van der Waals surface area contributed by atoms with E-state index in [-0.39, 0.29) is 0 Å². The zero-order valence-corrected chi connectivity index (χ0v) is 9.10. The molecule has 0 saturated heterocycles. The van der Waals surface area contributed by atoms with Gasteiger partial charge in [-0.3, -0.25) is 4.98 Å². The number of aromatic nitrogens is 2. The number of anilines is 1. The van der Waals surface area contributed by atoms with Crippen LogP contribution >= 0.6 is 0 Å². The van der Waals surface area contributed by atoms with Gasteiger partial charge in [0.15, 0.2) is 11.4 Å². The Morgan fingerprint density at radius 1 is 1.40 bits per heavy atom. The zero-order valence-electron chi connectivity index (χ0n) is 9.10. The number of hydrogen-bond acceptors (Lipinski definition) is 4. The average Bonchev–Trinajstić information content (AvgIpc) is 2.70. The normalized spacial score (nSPS) is 10.8. The molecule has 0 saturated carbocycles. The lowest BCUT2D eigenvalue weighted by Gasteiger charge is -2.18. The molecule has 0 aromatic carbocycles. The Bertz CT molecular complexity index is 438. The van der Waals surface area contributed by atoms with Crippen LogP contribution in [0.3, 0.4) is 0 Å². The van der Waals surface area contributed by atoms with Gasteiger partial charge in [-0.05, 0) is 13.3 Å². The van der Waals surface area contributed by atoms with E-state index in [1.807, 2.05) is 6.07 Å². The molecule has 15 heavy (non-hydrogen) atoms. The second-order valence-electron chi connectivity index (χ2n) is 3.46. The van der Waals surface area contributed by atoms with Gasteiger partial charge in [-0.1, -0.05) is 12.1 Å². The molecular formula is C11H15N3O. The van der Waals surface area contributed by atoms with Crippen LogP contribution in [0.4, 0.5) is 5.82 Å². The van der Waals surface area contributed by atoms with E-state index in [4.69, 9.17) is 4.52 Å². The lowest BCUT2D eigenvalue weighted by atomic mass is 10.3. The first-order valence-corrected chi connectivity index (χ1v) is 5.31. The van der Waals surface area contributed by atoms with Gasteiger partial charge in [0, 0.05) is 31.5 Å². The third-order valence-electron chi connectivity index (χ3n) is 2.43. The molecule has 4 heteroatoms. The summed E-state index contributed by atoms with van der Waals surface area (Å²) < 4.78 is 5.25. The van der Waals surface area contributed by atoms with Crippen molar-refractivity contribution in [3.8, 4) is 0 Å². The van der Waals surface area contributed by atoms with Gasteiger partial charge in [0.1, 0.15) is 0 Å². The van der Waals surface area contributed by atoms with Crippen LogP contribution in [0.2, 0.25) is 0 Å². The molecule has 2 heterocycles. The van der Waals surface area contributed by atoms with Crippen LogP contribution in [0, 0.1) is 0 Å². The van der Waals surface area contributed by atoms with Crippen molar-refractivity contribution in [2.45, 2.75) is 20.3 Å². The van der Waals surface area contributed by atoms with Crippen molar-refractivity contribution < 1.29 is 4.52 Å². The van der Waals surface area contributed by atoms with Gasteiger partial charge in [0.2, 0.25) is 0 Å². The highest BCUT2D eigenvalue weighted by molar-refractivity contribution is 5.87. The number of rotatable bonds is 4. The van der Waals surface area contributed by atoms with E-state index in [1.54, 1.807) is 12.4 Å². The minimum absolute atomic E-state index is 0.801. The number of hydrogen-bond donors (Lipinski definition) is 0.